The fraction of sp³-hybridized carbons (Fsp3) is 0.316. The summed E-state index contributed by atoms with van der Waals surface area (Å²) in [6.07, 6.45) is 1.15. The van der Waals surface area contributed by atoms with Gasteiger partial charge >= 0.3 is 0 Å². The smallest absolute Gasteiger partial charge is 0.227 e. The number of amides is 1. The Kier molecular flexibility index (Phi) is 7.25. The van der Waals surface area contributed by atoms with E-state index in [4.69, 9.17) is 4.74 Å². The highest BCUT2D eigenvalue weighted by atomic mass is 35.5. The molecule has 1 fully saturated rings. The van der Waals surface area contributed by atoms with E-state index in [1.165, 1.54) is 5.56 Å². The number of carbonyl (C=O) groups excluding carboxylic acids is 1. The predicted octanol–water partition coefficient (Wildman–Crippen LogP) is 3.02. The standard InChI is InChI=1S/C19H22N2O2.ClH/c22-19(13-17-14-20-10-11-23-17)21-18-9-5-4-8-16(18)12-15-6-2-1-3-7-15;/h1-9,17,20H,10-14H2,(H,21,22);1H. The molecule has 1 aliphatic rings. The van der Waals surface area contributed by atoms with Crippen LogP contribution in [0.2, 0.25) is 0 Å². The van der Waals surface area contributed by atoms with Gasteiger partial charge in [-0.25, -0.2) is 0 Å². The van der Waals surface area contributed by atoms with Gasteiger partial charge in [-0.15, -0.1) is 12.4 Å². The molecular weight excluding hydrogens is 324 g/mol. The van der Waals surface area contributed by atoms with Gasteiger partial charge in [0.2, 0.25) is 5.91 Å². The first-order valence-corrected chi connectivity index (χ1v) is 8.05. The Morgan fingerprint density at radius 2 is 1.88 bits per heavy atom. The molecule has 1 amide bonds. The maximum Gasteiger partial charge on any atom is 0.227 e. The van der Waals surface area contributed by atoms with Crippen molar-refractivity contribution >= 4 is 24.0 Å². The molecule has 1 heterocycles. The molecule has 24 heavy (non-hydrogen) atoms. The second-order valence-corrected chi connectivity index (χ2v) is 5.77. The molecule has 2 aromatic rings. The highest BCUT2D eigenvalue weighted by Crippen LogP contribution is 2.19. The van der Waals surface area contributed by atoms with Gasteiger partial charge in [0.1, 0.15) is 0 Å². The lowest BCUT2D eigenvalue weighted by atomic mass is 10.0. The zero-order chi connectivity index (χ0) is 15.9. The highest BCUT2D eigenvalue weighted by molar-refractivity contribution is 5.91. The molecule has 0 radical (unpaired) electrons. The Morgan fingerprint density at radius 1 is 1.12 bits per heavy atom. The van der Waals surface area contributed by atoms with Crippen LogP contribution in [-0.4, -0.2) is 31.7 Å². The quantitative estimate of drug-likeness (QED) is 0.875. The van der Waals surface area contributed by atoms with Crippen molar-refractivity contribution in [3.05, 3.63) is 65.7 Å². The fourth-order valence-electron chi connectivity index (χ4n) is 2.77. The van der Waals surface area contributed by atoms with E-state index in [-0.39, 0.29) is 24.4 Å². The van der Waals surface area contributed by atoms with E-state index in [2.05, 4.69) is 28.8 Å². The summed E-state index contributed by atoms with van der Waals surface area (Å²) < 4.78 is 5.59. The Bertz CT molecular complexity index is 643. The number of anilines is 1. The Morgan fingerprint density at radius 3 is 2.62 bits per heavy atom. The molecule has 1 atom stereocenters. The number of benzene rings is 2. The van der Waals surface area contributed by atoms with Gasteiger partial charge in [0, 0.05) is 18.8 Å². The molecule has 0 bridgehead atoms. The van der Waals surface area contributed by atoms with Crippen LogP contribution in [0, 0.1) is 0 Å². The fourth-order valence-corrected chi connectivity index (χ4v) is 2.77. The van der Waals surface area contributed by atoms with Gasteiger partial charge in [-0.3, -0.25) is 4.79 Å². The molecule has 1 saturated heterocycles. The second kappa shape index (κ2) is 9.42. The number of para-hydroxylation sites is 1. The first kappa shape index (κ1) is 18.5. The summed E-state index contributed by atoms with van der Waals surface area (Å²) in [5, 5.41) is 6.27. The lowest BCUT2D eigenvalue weighted by Gasteiger charge is -2.23. The molecule has 0 aliphatic carbocycles. The minimum absolute atomic E-state index is 0. The minimum atomic E-state index is -0.0370. The lowest BCUT2D eigenvalue weighted by Crippen LogP contribution is -2.40. The van der Waals surface area contributed by atoms with Gasteiger partial charge in [0.25, 0.3) is 0 Å². The number of nitrogens with one attached hydrogen (secondary N) is 2. The van der Waals surface area contributed by atoms with Crippen LogP contribution in [0.5, 0.6) is 0 Å². The van der Waals surface area contributed by atoms with Gasteiger partial charge in [-0.2, -0.15) is 0 Å². The van der Waals surface area contributed by atoms with E-state index in [1.807, 2.05) is 36.4 Å². The molecule has 0 aromatic heterocycles. The Balaban J connectivity index is 0.00000208. The van der Waals surface area contributed by atoms with Gasteiger partial charge < -0.3 is 15.4 Å². The molecular formula is C19H23ClN2O2. The molecule has 3 rings (SSSR count). The first-order chi connectivity index (χ1) is 11.3. The van der Waals surface area contributed by atoms with Crippen molar-refractivity contribution in [2.24, 2.45) is 0 Å². The SMILES string of the molecule is Cl.O=C(CC1CNCCO1)Nc1ccccc1Cc1ccccc1. The van der Waals surface area contributed by atoms with Crippen molar-refractivity contribution in [1.82, 2.24) is 5.32 Å². The summed E-state index contributed by atoms with van der Waals surface area (Å²) in [5.74, 6) is -0.000730. The number of hydrogen-bond acceptors (Lipinski definition) is 3. The molecule has 1 aliphatic heterocycles. The largest absolute Gasteiger partial charge is 0.375 e. The van der Waals surface area contributed by atoms with Crippen LogP contribution >= 0.6 is 12.4 Å². The topological polar surface area (TPSA) is 50.4 Å². The summed E-state index contributed by atoms with van der Waals surface area (Å²) in [5.41, 5.74) is 3.23. The van der Waals surface area contributed by atoms with Crippen molar-refractivity contribution in [3.8, 4) is 0 Å². The average molecular weight is 347 g/mol. The van der Waals surface area contributed by atoms with Gasteiger partial charge in [-0.1, -0.05) is 48.5 Å². The lowest BCUT2D eigenvalue weighted by molar-refractivity contribution is -0.119. The normalized spacial score (nSPS) is 16.9. The van der Waals surface area contributed by atoms with Gasteiger partial charge in [0.05, 0.1) is 19.1 Å². The maximum atomic E-state index is 12.3. The molecule has 5 heteroatoms. The van der Waals surface area contributed by atoms with Crippen LogP contribution in [0.15, 0.2) is 54.6 Å². The molecule has 4 nitrogen and oxygen atoms in total. The summed E-state index contributed by atoms with van der Waals surface area (Å²) in [6, 6.07) is 18.2. The van der Waals surface area contributed by atoms with Crippen LogP contribution in [0.4, 0.5) is 5.69 Å². The molecule has 1 unspecified atom stereocenters. The van der Waals surface area contributed by atoms with Crippen LogP contribution in [-0.2, 0) is 16.0 Å². The predicted molar refractivity (Wildman–Crippen MR) is 98.8 cm³/mol. The van der Waals surface area contributed by atoms with Crippen molar-refractivity contribution in [1.29, 1.82) is 0 Å². The third kappa shape index (κ3) is 5.34. The maximum absolute atomic E-state index is 12.3. The number of hydrogen-bond donors (Lipinski definition) is 2. The van der Waals surface area contributed by atoms with Crippen LogP contribution < -0.4 is 10.6 Å². The van der Waals surface area contributed by atoms with E-state index < -0.39 is 0 Å². The summed E-state index contributed by atoms with van der Waals surface area (Å²) in [6.45, 7) is 2.26. The number of ether oxygens (including phenoxy) is 1. The van der Waals surface area contributed by atoms with Crippen molar-refractivity contribution in [2.75, 3.05) is 25.0 Å². The summed E-state index contributed by atoms with van der Waals surface area (Å²) in [4.78, 5) is 12.3. The van der Waals surface area contributed by atoms with E-state index in [1.54, 1.807) is 0 Å². The molecule has 0 saturated carbocycles. The van der Waals surface area contributed by atoms with E-state index >= 15 is 0 Å². The number of halogens is 1. The molecule has 0 spiro atoms. The van der Waals surface area contributed by atoms with Crippen LogP contribution in [0.3, 0.4) is 0 Å². The van der Waals surface area contributed by atoms with Gasteiger partial charge in [0.15, 0.2) is 0 Å². The molecule has 2 N–H and O–H groups in total. The third-order valence-electron chi connectivity index (χ3n) is 3.95. The second-order valence-electron chi connectivity index (χ2n) is 5.77. The average Bonchev–Trinajstić information content (AvgIpc) is 2.58. The van der Waals surface area contributed by atoms with Crippen molar-refractivity contribution in [2.45, 2.75) is 18.9 Å². The Labute approximate surface area is 149 Å². The monoisotopic (exact) mass is 346 g/mol. The summed E-state index contributed by atoms with van der Waals surface area (Å²) >= 11 is 0. The first-order valence-electron chi connectivity index (χ1n) is 8.05. The van der Waals surface area contributed by atoms with Crippen LogP contribution in [0.25, 0.3) is 0 Å². The van der Waals surface area contributed by atoms with Crippen molar-refractivity contribution < 1.29 is 9.53 Å². The van der Waals surface area contributed by atoms with Crippen molar-refractivity contribution in [3.63, 3.8) is 0 Å². The van der Waals surface area contributed by atoms with E-state index in [0.717, 1.165) is 30.8 Å². The Hall–Kier alpha value is -1.88. The highest BCUT2D eigenvalue weighted by Gasteiger charge is 2.17. The number of morpholine rings is 1. The molecule has 2 aromatic carbocycles. The summed E-state index contributed by atoms with van der Waals surface area (Å²) in [7, 11) is 0. The zero-order valence-corrected chi connectivity index (χ0v) is 14.4. The zero-order valence-electron chi connectivity index (χ0n) is 13.5. The van der Waals surface area contributed by atoms with E-state index in [0.29, 0.717) is 13.0 Å². The molecule has 128 valence electrons. The van der Waals surface area contributed by atoms with Crippen LogP contribution in [0.1, 0.15) is 17.5 Å². The number of rotatable bonds is 5. The van der Waals surface area contributed by atoms with E-state index in [9.17, 15) is 4.79 Å². The number of carbonyl (C=O) groups is 1. The minimum Gasteiger partial charge on any atom is -0.375 e. The third-order valence-corrected chi connectivity index (χ3v) is 3.95. The van der Waals surface area contributed by atoms with Gasteiger partial charge in [-0.05, 0) is 23.6 Å².